The topological polar surface area (TPSA) is 64.9 Å². The smallest absolute Gasteiger partial charge is 0.213 e. The lowest BCUT2D eigenvalue weighted by Crippen LogP contribution is -2.36. The highest BCUT2D eigenvalue weighted by Crippen LogP contribution is 2.37. The fourth-order valence-electron chi connectivity index (χ4n) is 2.24. The molecular weight excluding hydrogens is 190 g/mol. The van der Waals surface area contributed by atoms with Gasteiger partial charge in [0.2, 0.25) is 6.39 Å². The van der Waals surface area contributed by atoms with Gasteiger partial charge in [0.05, 0.1) is 0 Å². The van der Waals surface area contributed by atoms with Gasteiger partial charge < -0.3 is 10.3 Å². The standard InChI is InChI=1S/C11H11N3O/c12-11(10-13-7-15-14-10)6-5-8-3-1-2-4-9(8)11/h1-4,7H,5-6,12H2. The summed E-state index contributed by atoms with van der Waals surface area (Å²) in [5.74, 6) is 0.576. The Bertz CT molecular complexity index is 480. The van der Waals surface area contributed by atoms with Crippen LogP contribution in [0.25, 0.3) is 0 Å². The van der Waals surface area contributed by atoms with Gasteiger partial charge in [-0.25, -0.2) is 0 Å². The molecule has 1 heterocycles. The predicted molar refractivity (Wildman–Crippen MR) is 54.0 cm³/mol. The number of rotatable bonds is 1. The summed E-state index contributed by atoms with van der Waals surface area (Å²) in [6.07, 6.45) is 3.14. The first-order chi connectivity index (χ1) is 7.31. The van der Waals surface area contributed by atoms with E-state index < -0.39 is 5.54 Å². The minimum Gasteiger partial charge on any atom is -0.343 e. The average molecular weight is 201 g/mol. The maximum absolute atomic E-state index is 6.35. The highest BCUT2D eigenvalue weighted by atomic mass is 16.5. The molecule has 76 valence electrons. The van der Waals surface area contributed by atoms with Crippen LogP contribution < -0.4 is 5.73 Å². The first kappa shape index (κ1) is 8.61. The molecule has 1 aliphatic carbocycles. The summed E-state index contributed by atoms with van der Waals surface area (Å²) in [6.45, 7) is 0. The van der Waals surface area contributed by atoms with E-state index in [9.17, 15) is 0 Å². The summed E-state index contributed by atoms with van der Waals surface area (Å²) in [4.78, 5) is 4.07. The summed E-state index contributed by atoms with van der Waals surface area (Å²) in [6, 6.07) is 8.16. The number of fused-ring (bicyclic) bond motifs is 1. The summed E-state index contributed by atoms with van der Waals surface area (Å²) >= 11 is 0. The zero-order chi connectivity index (χ0) is 10.3. The van der Waals surface area contributed by atoms with Crippen molar-refractivity contribution >= 4 is 0 Å². The minimum absolute atomic E-state index is 0.566. The molecule has 1 unspecified atom stereocenters. The van der Waals surface area contributed by atoms with E-state index in [1.165, 1.54) is 12.0 Å². The lowest BCUT2D eigenvalue weighted by atomic mass is 9.92. The number of hydrogen-bond acceptors (Lipinski definition) is 4. The second-order valence-corrected chi connectivity index (χ2v) is 3.88. The van der Waals surface area contributed by atoms with Crippen LogP contribution in [0.2, 0.25) is 0 Å². The van der Waals surface area contributed by atoms with Crippen LogP contribution in [0.5, 0.6) is 0 Å². The first-order valence-corrected chi connectivity index (χ1v) is 4.95. The minimum atomic E-state index is -0.566. The Labute approximate surface area is 87.1 Å². The largest absolute Gasteiger partial charge is 0.343 e. The van der Waals surface area contributed by atoms with E-state index in [2.05, 4.69) is 16.2 Å². The van der Waals surface area contributed by atoms with E-state index in [0.717, 1.165) is 18.4 Å². The Morgan fingerprint density at radius 2 is 2.20 bits per heavy atom. The molecule has 0 fully saturated rings. The monoisotopic (exact) mass is 201 g/mol. The maximum Gasteiger partial charge on any atom is 0.213 e. The molecule has 0 radical (unpaired) electrons. The van der Waals surface area contributed by atoms with Crippen molar-refractivity contribution in [1.29, 1.82) is 0 Å². The molecule has 0 saturated heterocycles. The van der Waals surface area contributed by atoms with Gasteiger partial charge in [-0.1, -0.05) is 29.4 Å². The van der Waals surface area contributed by atoms with Crippen LogP contribution in [0.4, 0.5) is 0 Å². The van der Waals surface area contributed by atoms with E-state index in [1.54, 1.807) is 0 Å². The number of aromatic nitrogens is 2. The van der Waals surface area contributed by atoms with Crippen LogP contribution in [0.1, 0.15) is 23.4 Å². The van der Waals surface area contributed by atoms with Crippen LogP contribution in [-0.2, 0) is 12.0 Å². The van der Waals surface area contributed by atoms with Gasteiger partial charge in [-0.15, -0.1) is 0 Å². The third kappa shape index (κ3) is 1.11. The third-order valence-electron chi connectivity index (χ3n) is 3.05. The van der Waals surface area contributed by atoms with Gasteiger partial charge in [0.25, 0.3) is 0 Å². The summed E-state index contributed by atoms with van der Waals surface area (Å²) in [7, 11) is 0. The molecule has 1 aromatic carbocycles. The van der Waals surface area contributed by atoms with E-state index in [4.69, 9.17) is 10.3 Å². The fourth-order valence-corrected chi connectivity index (χ4v) is 2.24. The molecule has 3 rings (SSSR count). The van der Waals surface area contributed by atoms with E-state index in [1.807, 2.05) is 18.2 Å². The number of benzene rings is 1. The molecule has 1 aromatic heterocycles. The first-order valence-electron chi connectivity index (χ1n) is 4.95. The van der Waals surface area contributed by atoms with Gasteiger partial charge in [0.1, 0.15) is 5.54 Å². The molecule has 2 N–H and O–H groups in total. The quantitative estimate of drug-likeness (QED) is 0.753. The second kappa shape index (κ2) is 2.90. The summed E-state index contributed by atoms with van der Waals surface area (Å²) < 4.78 is 4.77. The van der Waals surface area contributed by atoms with Gasteiger partial charge >= 0.3 is 0 Å². The van der Waals surface area contributed by atoms with Crippen molar-refractivity contribution < 1.29 is 4.52 Å². The predicted octanol–water partition coefficient (Wildman–Crippen LogP) is 1.22. The average Bonchev–Trinajstić information content (AvgIpc) is 2.88. The van der Waals surface area contributed by atoms with Crippen molar-refractivity contribution in [2.24, 2.45) is 5.73 Å². The second-order valence-electron chi connectivity index (χ2n) is 3.88. The molecule has 4 heteroatoms. The number of hydrogen-bond donors (Lipinski definition) is 1. The highest BCUT2D eigenvalue weighted by Gasteiger charge is 2.39. The Balaban J connectivity index is 2.17. The van der Waals surface area contributed by atoms with Crippen molar-refractivity contribution in [3.8, 4) is 0 Å². The third-order valence-corrected chi connectivity index (χ3v) is 3.05. The SMILES string of the molecule is NC1(c2ncon2)CCc2ccccc21. The van der Waals surface area contributed by atoms with Crippen LogP contribution >= 0.6 is 0 Å². The van der Waals surface area contributed by atoms with Crippen molar-refractivity contribution in [3.63, 3.8) is 0 Å². The van der Waals surface area contributed by atoms with Crippen LogP contribution in [0.15, 0.2) is 35.2 Å². The Morgan fingerprint density at radius 1 is 1.33 bits per heavy atom. The Morgan fingerprint density at radius 3 is 3.00 bits per heavy atom. The molecule has 15 heavy (non-hydrogen) atoms. The van der Waals surface area contributed by atoms with Crippen LogP contribution in [-0.4, -0.2) is 10.1 Å². The van der Waals surface area contributed by atoms with Crippen LogP contribution in [0, 0.1) is 0 Å². The molecular formula is C11H11N3O. The maximum atomic E-state index is 6.35. The van der Waals surface area contributed by atoms with E-state index in [-0.39, 0.29) is 0 Å². The van der Waals surface area contributed by atoms with Crippen LogP contribution in [0.3, 0.4) is 0 Å². The van der Waals surface area contributed by atoms with Gasteiger partial charge in [-0.3, -0.25) is 0 Å². The molecule has 0 spiro atoms. The van der Waals surface area contributed by atoms with Crippen molar-refractivity contribution in [1.82, 2.24) is 10.1 Å². The van der Waals surface area contributed by atoms with Crippen molar-refractivity contribution in [3.05, 3.63) is 47.6 Å². The van der Waals surface area contributed by atoms with E-state index in [0.29, 0.717) is 5.82 Å². The molecule has 0 bridgehead atoms. The molecule has 2 aromatic rings. The lowest BCUT2D eigenvalue weighted by Gasteiger charge is -2.20. The molecule has 0 amide bonds. The lowest BCUT2D eigenvalue weighted by molar-refractivity contribution is 0.387. The number of nitrogens with zero attached hydrogens (tertiary/aromatic N) is 2. The Hall–Kier alpha value is -1.68. The van der Waals surface area contributed by atoms with Gasteiger partial charge in [-0.05, 0) is 24.0 Å². The Kier molecular flexibility index (Phi) is 1.67. The summed E-state index contributed by atoms with van der Waals surface area (Å²) in [5, 5.41) is 3.86. The fraction of sp³-hybridized carbons (Fsp3) is 0.273. The zero-order valence-electron chi connectivity index (χ0n) is 8.18. The molecule has 1 aliphatic rings. The molecule has 1 atom stereocenters. The molecule has 0 saturated carbocycles. The van der Waals surface area contributed by atoms with Crippen molar-refractivity contribution in [2.45, 2.75) is 18.4 Å². The van der Waals surface area contributed by atoms with Gasteiger partial charge in [-0.2, -0.15) is 4.98 Å². The molecule has 4 nitrogen and oxygen atoms in total. The molecule has 0 aliphatic heterocycles. The number of nitrogens with two attached hydrogens (primary N) is 1. The van der Waals surface area contributed by atoms with Gasteiger partial charge in [0.15, 0.2) is 5.82 Å². The summed E-state index contributed by atoms with van der Waals surface area (Å²) in [5.41, 5.74) is 8.18. The van der Waals surface area contributed by atoms with Crippen molar-refractivity contribution in [2.75, 3.05) is 0 Å². The highest BCUT2D eigenvalue weighted by molar-refractivity contribution is 5.42. The number of aryl methyl sites for hydroxylation is 1. The van der Waals surface area contributed by atoms with E-state index >= 15 is 0 Å². The zero-order valence-corrected chi connectivity index (χ0v) is 8.18. The van der Waals surface area contributed by atoms with Gasteiger partial charge in [0, 0.05) is 0 Å². The normalized spacial score (nSPS) is 24.1.